The average Bonchev–Trinajstić information content (AvgIpc) is 3.35. The number of rotatable bonds is 7. The maximum absolute atomic E-state index is 12.7. The Balaban J connectivity index is 1.56. The molecule has 3 saturated heterocycles. The Bertz CT molecular complexity index is 1980. The number of aliphatic hydroxyl groups excluding tert-OH is 9. The third kappa shape index (κ3) is 22.2. The fourth-order valence-corrected chi connectivity index (χ4v) is 9.70. The molecule has 3 fully saturated rings. The topological polar surface area (TPSA) is 330 Å². The van der Waals surface area contributed by atoms with E-state index < -0.39 is 147 Å². The van der Waals surface area contributed by atoms with Crippen LogP contribution in [0.5, 0.6) is 0 Å². The van der Waals surface area contributed by atoms with Crippen LogP contribution in [0.3, 0.4) is 0 Å². The Kier molecular flexibility index (Phi) is 28.1. The van der Waals surface area contributed by atoms with E-state index in [0.29, 0.717) is 26.3 Å². The molecule has 4 aliphatic heterocycles. The van der Waals surface area contributed by atoms with Crippen LogP contribution in [0.4, 0.5) is 0 Å². The molecule has 0 saturated carbocycles. The number of morpholine rings is 1. The third-order valence-corrected chi connectivity index (χ3v) is 14.3. The Morgan fingerprint density at radius 3 is 1.95 bits per heavy atom. The molecule has 2 bridgehead atoms. The number of aliphatic carboxylic acids is 1. The minimum Gasteiger partial charge on any atom is -0.481 e. The van der Waals surface area contributed by atoms with Crippen LogP contribution < -0.4 is 10.6 Å². The number of esters is 1. The second-order valence-electron chi connectivity index (χ2n) is 20.4. The summed E-state index contributed by atoms with van der Waals surface area (Å²) in [5, 5.41) is 127. The van der Waals surface area contributed by atoms with Crippen molar-refractivity contribution in [3.05, 3.63) is 85.1 Å². The van der Waals surface area contributed by atoms with E-state index in [1.165, 1.54) is 6.08 Å². The van der Waals surface area contributed by atoms with Gasteiger partial charge >= 0.3 is 11.9 Å². The molecule has 19 atom stereocenters. The van der Waals surface area contributed by atoms with Crippen molar-refractivity contribution >= 4 is 29.3 Å². The lowest BCUT2D eigenvalue weighted by atomic mass is 9.82. The lowest BCUT2D eigenvalue weighted by Gasteiger charge is -2.45. The van der Waals surface area contributed by atoms with Gasteiger partial charge in [-0.2, -0.15) is 0 Å². The predicted molar refractivity (Wildman–Crippen MR) is 284 cm³/mol. The molecule has 0 amide bonds. The van der Waals surface area contributed by atoms with Gasteiger partial charge in [0.2, 0.25) is 0 Å². The van der Waals surface area contributed by atoms with Gasteiger partial charge in [0.15, 0.2) is 17.2 Å². The third-order valence-electron chi connectivity index (χ3n) is 14.1. The molecule has 4 heterocycles. The lowest BCUT2D eigenvalue weighted by Crippen LogP contribution is -2.65. The number of carbonyl (C=O) groups is 2. The van der Waals surface area contributed by atoms with Crippen molar-refractivity contribution in [1.29, 1.82) is 0 Å². The van der Waals surface area contributed by atoms with Crippen molar-refractivity contribution in [3.63, 3.8) is 0 Å². The molecule has 0 unspecified atom stereocenters. The quantitative estimate of drug-likeness (QED) is 0.122. The van der Waals surface area contributed by atoms with Crippen LogP contribution >= 0.6 is 12.2 Å². The number of fused-ring (bicyclic) bond motifs is 2. The molecule has 0 aliphatic carbocycles. The first-order valence-corrected chi connectivity index (χ1v) is 26.8. The summed E-state index contributed by atoms with van der Waals surface area (Å²) >= 11 is 5.52. The summed E-state index contributed by atoms with van der Waals surface area (Å²) in [6, 6.07) is -1.08. The summed E-state index contributed by atoms with van der Waals surface area (Å²) < 4.78 is 29.2. The number of ether oxygens (including phenoxy) is 5. The van der Waals surface area contributed by atoms with Crippen molar-refractivity contribution < 1.29 is 89.4 Å². The summed E-state index contributed by atoms with van der Waals surface area (Å²) in [5.74, 6) is -6.92. The average molecular weight is 1100 g/mol. The molecule has 4 rings (SSSR count). The van der Waals surface area contributed by atoms with Gasteiger partial charge in [-0.25, -0.2) is 0 Å². The van der Waals surface area contributed by atoms with Crippen molar-refractivity contribution in [2.24, 2.45) is 17.8 Å². The van der Waals surface area contributed by atoms with E-state index >= 15 is 0 Å². The number of nitrogens with zero attached hydrogens (tertiary/aromatic N) is 1. The maximum atomic E-state index is 12.7. The molecule has 430 valence electrons. The highest BCUT2D eigenvalue weighted by Crippen LogP contribution is 2.38. The molecule has 0 radical (unpaired) electrons. The SMILES string of the molecule is C[C@@H]1[C@H](O)[C@@H](C)/C=C/C=C/C=C/C=C/C=C/C=C/C=C/[C@H](O[C@@H]2O[C@@H](C)[C@@H](O)[C@H](NC(=S)NCCN3CCOCC3)[C@@H]2O)C[C@@H]2O[C@](O)(C[C@@H](O)C[C@@H](O)[C@H](O)CC[C@@H](O)C[C@@H](O)CC(=O)O[C@H]1C)C[C@H](O)[C@H]2C(=O)O. The molecular formula is C54H85N3O18S. The fourth-order valence-electron chi connectivity index (χ4n) is 9.46. The Hall–Kier alpha value is -3.79. The van der Waals surface area contributed by atoms with Crippen molar-refractivity contribution in [1.82, 2.24) is 15.5 Å². The molecule has 0 aromatic carbocycles. The number of carboxylic acid groups (broad SMARTS) is 1. The molecule has 13 N–H and O–H groups in total. The number of hydrogen-bond acceptors (Lipinski definition) is 19. The molecular weight excluding hydrogens is 1010 g/mol. The van der Waals surface area contributed by atoms with E-state index in [1.54, 1.807) is 75.5 Å². The van der Waals surface area contributed by atoms with Crippen LogP contribution in [-0.2, 0) is 33.3 Å². The van der Waals surface area contributed by atoms with E-state index in [0.717, 1.165) is 13.1 Å². The normalized spacial score (nSPS) is 41.9. The van der Waals surface area contributed by atoms with Crippen LogP contribution in [0, 0.1) is 17.8 Å². The van der Waals surface area contributed by atoms with Gasteiger partial charge in [0.25, 0.3) is 0 Å². The zero-order chi connectivity index (χ0) is 56.0. The second kappa shape index (κ2) is 33.0. The Labute approximate surface area is 451 Å². The van der Waals surface area contributed by atoms with Gasteiger partial charge in [-0.05, 0) is 45.3 Å². The number of carboxylic acids is 1. The van der Waals surface area contributed by atoms with Gasteiger partial charge in [-0.15, -0.1) is 0 Å². The van der Waals surface area contributed by atoms with Crippen LogP contribution in [0.25, 0.3) is 0 Å². The highest BCUT2D eigenvalue weighted by atomic mass is 32.1. The van der Waals surface area contributed by atoms with E-state index in [-0.39, 0.29) is 36.7 Å². The van der Waals surface area contributed by atoms with Gasteiger partial charge in [0.05, 0.1) is 86.7 Å². The molecule has 4 aliphatic rings. The highest BCUT2D eigenvalue weighted by Gasteiger charge is 2.51. The number of cyclic esters (lactones) is 1. The lowest BCUT2D eigenvalue weighted by molar-refractivity contribution is -0.309. The first-order valence-electron chi connectivity index (χ1n) is 26.4. The number of hydrogen-bond donors (Lipinski definition) is 13. The number of nitrogens with one attached hydrogen (secondary N) is 2. The van der Waals surface area contributed by atoms with Crippen LogP contribution in [0.1, 0.15) is 79.1 Å². The summed E-state index contributed by atoms with van der Waals surface area (Å²) in [5.41, 5.74) is 0. The van der Waals surface area contributed by atoms with E-state index in [1.807, 2.05) is 31.2 Å². The van der Waals surface area contributed by atoms with Crippen molar-refractivity contribution in [2.45, 2.75) is 177 Å². The van der Waals surface area contributed by atoms with E-state index in [4.69, 9.17) is 35.9 Å². The van der Waals surface area contributed by atoms with Crippen molar-refractivity contribution in [3.8, 4) is 0 Å². The molecule has 0 aromatic rings. The monoisotopic (exact) mass is 1100 g/mol. The fraction of sp³-hybridized carbons (Fsp3) is 0.685. The van der Waals surface area contributed by atoms with E-state index in [2.05, 4.69) is 15.5 Å². The van der Waals surface area contributed by atoms with Gasteiger partial charge in [-0.1, -0.05) is 98.9 Å². The van der Waals surface area contributed by atoms with Gasteiger partial charge in [-0.3, -0.25) is 14.5 Å². The molecule has 0 aromatic heterocycles. The minimum absolute atomic E-state index is 0.115. The first kappa shape index (κ1) is 64.7. The molecule has 22 heteroatoms. The predicted octanol–water partition coefficient (Wildman–Crippen LogP) is 0.549. The van der Waals surface area contributed by atoms with Gasteiger partial charge in [0, 0.05) is 63.7 Å². The largest absolute Gasteiger partial charge is 0.481 e. The number of thiocarbonyl (C=S) groups is 1. The van der Waals surface area contributed by atoms with Crippen LogP contribution in [-0.4, -0.2) is 215 Å². The van der Waals surface area contributed by atoms with Crippen molar-refractivity contribution in [2.75, 3.05) is 39.4 Å². The Morgan fingerprint density at radius 1 is 0.724 bits per heavy atom. The summed E-state index contributed by atoms with van der Waals surface area (Å²) in [7, 11) is 0. The zero-order valence-electron chi connectivity index (χ0n) is 44.0. The number of carbonyl (C=O) groups excluding carboxylic acids is 1. The summed E-state index contributed by atoms with van der Waals surface area (Å²) in [6.07, 6.45) is 3.11. The minimum atomic E-state index is -2.36. The Morgan fingerprint density at radius 2 is 1.33 bits per heavy atom. The highest BCUT2D eigenvalue weighted by molar-refractivity contribution is 7.80. The number of aliphatic hydroxyl groups is 10. The zero-order valence-corrected chi connectivity index (χ0v) is 44.8. The second-order valence-corrected chi connectivity index (χ2v) is 20.8. The molecule has 21 nitrogen and oxygen atoms in total. The summed E-state index contributed by atoms with van der Waals surface area (Å²) in [4.78, 5) is 27.6. The molecule has 76 heavy (non-hydrogen) atoms. The standard InChI is InChI=1S/C54H85N3O18S/c1-33-17-15-13-11-9-7-5-6-8-10-12-14-16-18-40(74-52-50(67)47(49(66)36(4)73-52)56-53(76)55-21-22-57-23-25-71-26-24-57)30-44-46(51(68)69)43(63)32-54(70,75-44)31-39(60)28-42(62)41(61)20-19-37(58)27-38(59)29-45(64)72-35(3)34(2)48(33)65/h5-18,33-44,46-50,52,58-63,65-67,70H,19-32H2,1-4H3,(H,68,69)(H2,55,56,76)/b6-5+,9-7+,10-8+,13-11+,14-12+,17-15+,18-16+/t33-,34-,35-,36-,37+,38+,39-,40-,41+,42+,43-,44-,46+,47-,48+,49+,50-,52-,54+/m0/s1. The van der Waals surface area contributed by atoms with Crippen LogP contribution in [0.2, 0.25) is 0 Å². The first-order chi connectivity index (χ1) is 36.1. The smallest absolute Gasteiger partial charge is 0.311 e. The van der Waals surface area contributed by atoms with Crippen LogP contribution in [0.15, 0.2) is 85.1 Å². The molecule has 0 spiro atoms. The maximum Gasteiger partial charge on any atom is 0.311 e. The van der Waals surface area contributed by atoms with Gasteiger partial charge in [0.1, 0.15) is 24.2 Å². The number of allylic oxidation sites excluding steroid dienone is 12. The summed E-state index contributed by atoms with van der Waals surface area (Å²) in [6.45, 7) is 10.8. The van der Waals surface area contributed by atoms with Gasteiger partial charge < -0.3 is 90.5 Å². The van der Waals surface area contributed by atoms with E-state index in [9.17, 15) is 65.8 Å².